The van der Waals surface area contributed by atoms with Gasteiger partial charge in [-0.1, -0.05) is 12.1 Å². The maximum Gasteiger partial charge on any atom is 0.324 e. The zero-order valence-corrected chi connectivity index (χ0v) is 11.5. The normalized spacial score (nSPS) is 20.6. The molecule has 5 heteroatoms. The molecule has 1 saturated carbocycles. The largest absolute Gasteiger partial charge is 0.326 e. The van der Waals surface area contributed by atoms with Crippen LogP contribution in [-0.2, 0) is 10.3 Å². The lowest BCUT2D eigenvalue weighted by molar-refractivity contribution is 0.229. The fourth-order valence-corrected chi connectivity index (χ4v) is 2.90. The number of rotatable bonds is 3. The standard InChI is InChI=1S/C15H17N3O2/c1-17-9-10-18(14(17)20)13-5-3-12(4-6-13)15(16-11-19)7-2-8-15/h3-6H,2,7-10H2,1H3. The summed E-state index contributed by atoms with van der Waals surface area (Å²) in [6.45, 7) is 1.46. The summed E-state index contributed by atoms with van der Waals surface area (Å²) in [4.78, 5) is 30.0. The Balaban J connectivity index is 1.85. The number of anilines is 1. The molecule has 1 aromatic rings. The smallest absolute Gasteiger partial charge is 0.324 e. The van der Waals surface area contributed by atoms with Crippen LogP contribution in [0, 0.1) is 0 Å². The summed E-state index contributed by atoms with van der Waals surface area (Å²) in [6.07, 6.45) is 4.57. The minimum absolute atomic E-state index is 0.0296. The fourth-order valence-electron chi connectivity index (χ4n) is 2.90. The first-order valence-electron chi connectivity index (χ1n) is 6.88. The summed E-state index contributed by atoms with van der Waals surface area (Å²) in [7, 11) is 1.80. The third-order valence-corrected chi connectivity index (χ3v) is 4.37. The minimum atomic E-state index is -0.369. The van der Waals surface area contributed by atoms with Gasteiger partial charge in [0, 0.05) is 25.8 Å². The lowest BCUT2D eigenvalue weighted by Crippen LogP contribution is -2.32. The van der Waals surface area contributed by atoms with Gasteiger partial charge < -0.3 is 4.90 Å². The van der Waals surface area contributed by atoms with E-state index in [1.807, 2.05) is 24.3 Å². The topological polar surface area (TPSA) is 53.0 Å². The van der Waals surface area contributed by atoms with Crippen LogP contribution in [0.25, 0.3) is 0 Å². The molecule has 0 bridgehead atoms. The van der Waals surface area contributed by atoms with Gasteiger partial charge in [0.2, 0.25) is 6.08 Å². The van der Waals surface area contributed by atoms with Crippen molar-refractivity contribution >= 4 is 17.8 Å². The van der Waals surface area contributed by atoms with Crippen molar-refractivity contribution in [2.45, 2.75) is 24.8 Å². The molecular formula is C15H17N3O2. The van der Waals surface area contributed by atoms with E-state index in [2.05, 4.69) is 4.99 Å². The third-order valence-electron chi connectivity index (χ3n) is 4.37. The molecule has 1 saturated heterocycles. The van der Waals surface area contributed by atoms with E-state index in [0.29, 0.717) is 6.54 Å². The van der Waals surface area contributed by atoms with Gasteiger partial charge >= 0.3 is 6.03 Å². The van der Waals surface area contributed by atoms with E-state index in [1.165, 1.54) is 0 Å². The van der Waals surface area contributed by atoms with Crippen molar-refractivity contribution in [2.24, 2.45) is 4.99 Å². The van der Waals surface area contributed by atoms with Crippen molar-refractivity contribution < 1.29 is 9.59 Å². The summed E-state index contributed by atoms with van der Waals surface area (Å²) in [6, 6.07) is 7.85. The molecule has 2 fully saturated rings. The van der Waals surface area contributed by atoms with E-state index in [0.717, 1.165) is 37.1 Å². The lowest BCUT2D eigenvalue weighted by Gasteiger charge is -2.37. The van der Waals surface area contributed by atoms with Crippen LogP contribution in [-0.4, -0.2) is 37.1 Å². The SMILES string of the molecule is CN1CCN(c2ccc(C3(N=C=O)CCC3)cc2)C1=O. The predicted molar refractivity (Wildman–Crippen MR) is 75.5 cm³/mol. The van der Waals surface area contributed by atoms with Crippen molar-refractivity contribution in [3.8, 4) is 0 Å². The van der Waals surface area contributed by atoms with E-state index in [-0.39, 0.29) is 11.6 Å². The second-order valence-corrected chi connectivity index (χ2v) is 5.49. The number of benzene rings is 1. The number of carbonyl (C=O) groups excluding carboxylic acids is 2. The number of hydrogen-bond donors (Lipinski definition) is 0. The molecule has 0 unspecified atom stereocenters. The highest BCUT2D eigenvalue weighted by Gasteiger charge is 2.39. The molecule has 1 heterocycles. The zero-order valence-electron chi connectivity index (χ0n) is 11.5. The van der Waals surface area contributed by atoms with Crippen molar-refractivity contribution in [1.29, 1.82) is 0 Å². The fraction of sp³-hybridized carbons (Fsp3) is 0.467. The summed E-state index contributed by atoms with van der Waals surface area (Å²) < 4.78 is 0. The number of isocyanates is 1. The Morgan fingerprint density at radius 1 is 1.20 bits per heavy atom. The molecule has 104 valence electrons. The Kier molecular flexibility index (Phi) is 3.07. The van der Waals surface area contributed by atoms with Gasteiger partial charge in [-0.2, -0.15) is 4.99 Å². The van der Waals surface area contributed by atoms with Crippen LogP contribution >= 0.6 is 0 Å². The molecule has 0 N–H and O–H groups in total. The number of hydrogen-bond acceptors (Lipinski definition) is 3. The second kappa shape index (κ2) is 4.76. The Hall–Kier alpha value is -2.13. The Morgan fingerprint density at radius 2 is 1.90 bits per heavy atom. The van der Waals surface area contributed by atoms with Crippen molar-refractivity contribution in [3.05, 3.63) is 29.8 Å². The molecule has 1 aliphatic heterocycles. The molecule has 1 aromatic carbocycles. The van der Waals surface area contributed by atoms with Crippen LogP contribution < -0.4 is 4.90 Å². The summed E-state index contributed by atoms with van der Waals surface area (Å²) in [5, 5.41) is 0. The number of aliphatic imine (C=N–C) groups is 1. The average Bonchev–Trinajstić information content (AvgIpc) is 2.75. The maximum atomic E-state index is 11.9. The molecule has 5 nitrogen and oxygen atoms in total. The highest BCUT2D eigenvalue weighted by Crippen LogP contribution is 2.45. The van der Waals surface area contributed by atoms with Crippen LogP contribution in [0.4, 0.5) is 10.5 Å². The van der Waals surface area contributed by atoms with Crippen LogP contribution in [0.3, 0.4) is 0 Å². The molecule has 2 aliphatic rings. The molecular weight excluding hydrogens is 254 g/mol. The first-order valence-corrected chi connectivity index (χ1v) is 6.88. The van der Waals surface area contributed by atoms with E-state index in [1.54, 1.807) is 22.9 Å². The van der Waals surface area contributed by atoms with Crippen molar-refractivity contribution in [3.63, 3.8) is 0 Å². The second-order valence-electron chi connectivity index (χ2n) is 5.49. The first kappa shape index (κ1) is 12.9. The molecule has 0 atom stereocenters. The van der Waals surface area contributed by atoms with Crippen LogP contribution in [0.5, 0.6) is 0 Å². The van der Waals surface area contributed by atoms with Gasteiger partial charge in [0.05, 0.1) is 5.54 Å². The van der Waals surface area contributed by atoms with Crippen molar-refractivity contribution in [2.75, 3.05) is 25.0 Å². The highest BCUT2D eigenvalue weighted by molar-refractivity contribution is 5.93. The Morgan fingerprint density at radius 3 is 2.35 bits per heavy atom. The molecule has 0 aromatic heterocycles. The highest BCUT2D eigenvalue weighted by atomic mass is 16.2. The third kappa shape index (κ3) is 1.91. The van der Waals surface area contributed by atoms with Gasteiger partial charge in [-0.05, 0) is 37.0 Å². The zero-order chi connectivity index (χ0) is 14.2. The number of likely N-dealkylation sites (N-methyl/N-ethyl adjacent to an activating group) is 1. The summed E-state index contributed by atoms with van der Waals surface area (Å²) >= 11 is 0. The van der Waals surface area contributed by atoms with E-state index in [4.69, 9.17) is 0 Å². The van der Waals surface area contributed by atoms with Gasteiger partial charge in [-0.15, -0.1) is 0 Å². The maximum absolute atomic E-state index is 11.9. The Labute approximate surface area is 117 Å². The van der Waals surface area contributed by atoms with Gasteiger partial charge in [-0.3, -0.25) is 4.90 Å². The van der Waals surface area contributed by atoms with E-state index in [9.17, 15) is 9.59 Å². The molecule has 3 rings (SSSR count). The number of urea groups is 1. The number of nitrogens with zero attached hydrogens (tertiary/aromatic N) is 3. The molecule has 0 radical (unpaired) electrons. The molecule has 20 heavy (non-hydrogen) atoms. The predicted octanol–water partition coefficient (Wildman–Crippen LogP) is 2.27. The summed E-state index contributed by atoms with van der Waals surface area (Å²) in [5.74, 6) is 0. The number of carbonyl (C=O) groups is 1. The van der Waals surface area contributed by atoms with Gasteiger partial charge in [0.1, 0.15) is 0 Å². The van der Waals surface area contributed by atoms with E-state index < -0.39 is 0 Å². The monoisotopic (exact) mass is 271 g/mol. The number of amides is 2. The Bertz CT molecular complexity index is 571. The van der Waals surface area contributed by atoms with E-state index >= 15 is 0 Å². The minimum Gasteiger partial charge on any atom is -0.326 e. The van der Waals surface area contributed by atoms with Gasteiger partial charge in [-0.25, -0.2) is 9.59 Å². The van der Waals surface area contributed by atoms with Gasteiger partial charge in [0.15, 0.2) is 0 Å². The van der Waals surface area contributed by atoms with Crippen LogP contribution in [0.2, 0.25) is 0 Å². The lowest BCUT2D eigenvalue weighted by atomic mass is 9.72. The quantitative estimate of drug-likeness (QED) is 0.625. The molecule has 2 amide bonds. The molecule has 0 spiro atoms. The summed E-state index contributed by atoms with van der Waals surface area (Å²) in [5.41, 5.74) is 1.56. The first-order chi connectivity index (χ1) is 9.66. The average molecular weight is 271 g/mol. The molecule has 1 aliphatic carbocycles. The van der Waals surface area contributed by atoms with Crippen LogP contribution in [0.15, 0.2) is 29.3 Å². The van der Waals surface area contributed by atoms with Gasteiger partial charge in [0.25, 0.3) is 0 Å². The van der Waals surface area contributed by atoms with Crippen molar-refractivity contribution in [1.82, 2.24) is 4.90 Å². The van der Waals surface area contributed by atoms with Crippen LogP contribution in [0.1, 0.15) is 24.8 Å².